The molecular weight excluding hydrogens is 1010 g/mol. The molecule has 68 heavy (non-hydrogen) atoms. The minimum absolute atomic E-state index is 0. The molecule has 12 rings (SSSR count). The van der Waals surface area contributed by atoms with Gasteiger partial charge in [-0.25, -0.2) is 0 Å². The van der Waals surface area contributed by atoms with Crippen LogP contribution in [0, 0.1) is 18.2 Å². The first-order valence-corrected chi connectivity index (χ1v) is 22.3. The second-order valence-electron chi connectivity index (χ2n) is 16.5. The molecule has 0 bridgehead atoms. The summed E-state index contributed by atoms with van der Waals surface area (Å²) in [6.45, 7) is 0. The van der Waals surface area contributed by atoms with Gasteiger partial charge in [0, 0.05) is 24.0 Å². The van der Waals surface area contributed by atoms with Crippen molar-refractivity contribution in [1.82, 2.24) is 15.0 Å². The predicted molar refractivity (Wildman–Crippen MR) is 273 cm³/mol. The van der Waals surface area contributed by atoms with E-state index < -0.39 is 0 Å². The van der Waals surface area contributed by atoms with Crippen LogP contribution in [-0.4, -0.2) is 15.0 Å². The number of benzene rings is 8. The number of rotatable bonds is 9. The predicted octanol–water partition coefficient (Wildman–Crippen LogP) is 16.2. The topological polar surface area (TPSA) is 51.8 Å². The summed E-state index contributed by atoms with van der Waals surface area (Å²) in [5, 5.41) is 2.13. The standard InChI is InChI=1S/C63H38N3O.Ir/c1-3-15-42(16-4-1)59-31-27-45(39-64-59)51-19-7-10-22-54(51)48-35-49(55-23-11-8-20-52(55)46-28-32-60(65-40-46)43-17-5-2-6-18-43)37-50(36-48)56-24-12-9-21-53(56)47-29-33-61(66-41-47)44-30-34-63-58(38-44)57-25-13-14-26-62(57)67-63;/h1-15,17,19-29,31-41H;/q-3;+3. The van der Waals surface area contributed by atoms with Gasteiger partial charge in [0.1, 0.15) is 5.58 Å². The van der Waals surface area contributed by atoms with Crippen molar-refractivity contribution in [2.75, 3.05) is 0 Å². The van der Waals surface area contributed by atoms with E-state index in [-0.39, 0.29) is 20.1 Å². The molecule has 0 fully saturated rings. The molecule has 0 saturated carbocycles. The third-order valence-corrected chi connectivity index (χ3v) is 12.4. The summed E-state index contributed by atoms with van der Waals surface area (Å²) in [5.41, 5.74) is 20.1. The van der Waals surface area contributed by atoms with Gasteiger partial charge < -0.3 is 19.4 Å². The average molecular weight is 1050 g/mol. The number of furan rings is 1. The Bertz CT molecular complexity index is 3570. The summed E-state index contributed by atoms with van der Waals surface area (Å²) >= 11 is 0. The fourth-order valence-corrected chi connectivity index (χ4v) is 9.11. The Kier molecular flexibility index (Phi) is 11.5. The molecule has 8 aromatic carbocycles. The van der Waals surface area contributed by atoms with Gasteiger partial charge in [-0.3, -0.25) is 0 Å². The molecule has 4 aromatic heterocycles. The van der Waals surface area contributed by atoms with E-state index in [0.29, 0.717) is 0 Å². The summed E-state index contributed by atoms with van der Waals surface area (Å²) < 4.78 is 6.09. The molecule has 0 amide bonds. The van der Waals surface area contributed by atoms with Crippen LogP contribution < -0.4 is 0 Å². The van der Waals surface area contributed by atoms with Gasteiger partial charge in [0.05, 0.1) is 5.58 Å². The first-order valence-electron chi connectivity index (χ1n) is 22.3. The Morgan fingerprint density at radius 1 is 0.309 bits per heavy atom. The monoisotopic (exact) mass is 1050 g/mol. The second-order valence-corrected chi connectivity index (χ2v) is 16.5. The third-order valence-electron chi connectivity index (χ3n) is 12.4. The summed E-state index contributed by atoms with van der Waals surface area (Å²) in [6.07, 6.45) is 5.92. The number of hydrogen-bond acceptors (Lipinski definition) is 4. The maximum Gasteiger partial charge on any atom is 3.00 e. The molecule has 320 valence electrons. The van der Waals surface area contributed by atoms with Crippen molar-refractivity contribution in [3.63, 3.8) is 0 Å². The summed E-state index contributed by atoms with van der Waals surface area (Å²) in [5.74, 6) is 0. The molecule has 0 aliphatic carbocycles. The molecule has 5 heteroatoms. The van der Waals surface area contributed by atoms with Crippen LogP contribution in [0.1, 0.15) is 0 Å². The molecule has 0 atom stereocenters. The van der Waals surface area contributed by atoms with Crippen LogP contribution in [0.3, 0.4) is 0 Å². The molecule has 0 aliphatic rings. The smallest absolute Gasteiger partial charge is 0.500 e. The Hall–Kier alpha value is -8.34. The molecule has 0 radical (unpaired) electrons. The van der Waals surface area contributed by atoms with Crippen molar-refractivity contribution < 1.29 is 24.5 Å². The van der Waals surface area contributed by atoms with Crippen molar-refractivity contribution >= 4 is 21.9 Å². The molecule has 0 unspecified atom stereocenters. The van der Waals surface area contributed by atoms with E-state index >= 15 is 0 Å². The third kappa shape index (κ3) is 8.15. The van der Waals surface area contributed by atoms with Gasteiger partial charge in [0.15, 0.2) is 0 Å². The first kappa shape index (κ1) is 42.3. The minimum Gasteiger partial charge on any atom is -0.500 e. The van der Waals surface area contributed by atoms with E-state index in [1.54, 1.807) is 0 Å². The SMILES string of the molecule is [Ir+3].[c-]1ccccc1-c1ccc(-c2ccccc2-c2cc(-c3ccccc3-c3ccc(-c4[c-]cccc4)nc3)cc(-c3ccccc3-c3ccc(-c4[c-]cc5oc6ccccc6c5c4)nc3)c2)cn1. The maximum absolute atomic E-state index is 6.09. The van der Waals surface area contributed by atoms with E-state index in [1.165, 1.54) is 0 Å². The van der Waals surface area contributed by atoms with Crippen molar-refractivity contribution in [1.29, 1.82) is 0 Å². The van der Waals surface area contributed by atoms with E-state index in [1.807, 2.05) is 91.4 Å². The molecule has 4 heterocycles. The quantitative estimate of drug-likeness (QED) is 0.135. The van der Waals surface area contributed by atoms with Gasteiger partial charge in [0.25, 0.3) is 0 Å². The number of fused-ring (bicyclic) bond motifs is 3. The molecule has 0 spiro atoms. The van der Waals surface area contributed by atoms with Gasteiger partial charge in [-0.2, -0.15) is 0 Å². The molecule has 0 aliphatic heterocycles. The van der Waals surface area contributed by atoms with E-state index in [9.17, 15) is 0 Å². The van der Waals surface area contributed by atoms with Gasteiger partial charge in [-0.1, -0.05) is 133 Å². The Morgan fingerprint density at radius 2 is 0.706 bits per heavy atom. The fourth-order valence-electron chi connectivity index (χ4n) is 9.11. The largest absolute Gasteiger partial charge is 3.00 e. The Labute approximate surface area is 408 Å². The normalized spacial score (nSPS) is 11.1. The summed E-state index contributed by atoms with van der Waals surface area (Å²) in [6, 6.07) is 83.6. The van der Waals surface area contributed by atoms with E-state index in [2.05, 4.69) is 158 Å². The van der Waals surface area contributed by atoms with Gasteiger partial charge in [0.2, 0.25) is 0 Å². The zero-order chi connectivity index (χ0) is 44.5. The molecule has 0 saturated heterocycles. The zero-order valence-electron chi connectivity index (χ0n) is 36.5. The molecule has 4 nitrogen and oxygen atoms in total. The van der Waals surface area contributed by atoms with E-state index in [0.717, 1.165) is 122 Å². The fraction of sp³-hybridized carbons (Fsp3) is 0. The summed E-state index contributed by atoms with van der Waals surface area (Å²) in [7, 11) is 0. The van der Waals surface area contributed by atoms with Crippen LogP contribution in [0.5, 0.6) is 0 Å². The minimum atomic E-state index is 0. The van der Waals surface area contributed by atoms with Gasteiger partial charge in [-0.15, -0.1) is 95.6 Å². The number of para-hydroxylation sites is 1. The van der Waals surface area contributed by atoms with Crippen molar-refractivity contribution in [3.05, 3.63) is 249 Å². The van der Waals surface area contributed by atoms with Crippen molar-refractivity contribution in [2.45, 2.75) is 0 Å². The van der Waals surface area contributed by atoms with Crippen molar-refractivity contribution in [3.8, 4) is 101 Å². The molecule has 12 aromatic rings. The zero-order valence-corrected chi connectivity index (χ0v) is 38.9. The van der Waals surface area contributed by atoms with E-state index in [4.69, 9.17) is 19.4 Å². The van der Waals surface area contributed by atoms with Crippen LogP contribution in [0.25, 0.3) is 122 Å². The maximum atomic E-state index is 6.09. The molecular formula is C63H38IrN3O. The number of pyridine rings is 3. The van der Waals surface area contributed by atoms with Crippen LogP contribution in [0.4, 0.5) is 0 Å². The Balaban J connectivity index is 0.00000507. The number of hydrogen-bond donors (Lipinski definition) is 0. The van der Waals surface area contributed by atoms with Gasteiger partial charge in [-0.05, 0) is 108 Å². The summed E-state index contributed by atoms with van der Waals surface area (Å²) in [4.78, 5) is 14.8. The van der Waals surface area contributed by atoms with Crippen molar-refractivity contribution in [2.24, 2.45) is 0 Å². The van der Waals surface area contributed by atoms with Crippen LogP contribution in [-0.2, 0) is 20.1 Å². The first-order chi connectivity index (χ1) is 33.2. The average Bonchev–Trinajstić information content (AvgIpc) is 3.79. The number of aromatic nitrogens is 3. The van der Waals surface area contributed by atoms with Crippen LogP contribution in [0.2, 0.25) is 0 Å². The van der Waals surface area contributed by atoms with Crippen LogP contribution in [0.15, 0.2) is 235 Å². The number of nitrogens with zero attached hydrogens (tertiary/aromatic N) is 3. The molecule has 0 N–H and O–H groups in total. The van der Waals surface area contributed by atoms with Crippen LogP contribution >= 0.6 is 0 Å². The second kappa shape index (κ2) is 18.5. The van der Waals surface area contributed by atoms with Gasteiger partial charge >= 0.3 is 20.1 Å². The Morgan fingerprint density at radius 3 is 1.12 bits per heavy atom.